The summed E-state index contributed by atoms with van der Waals surface area (Å²) in [7, 11) is 0. The summed E-state index contributed by atoms with van der Waals surface area (Å²) in [6.45, 7) is 2.01. The minimum Gasteiger partial charge on any atom is -0.507 e. The van der Waals surface area contributed by atoms with E-state index >= 15 is 0 Å². The molecule has 1 aromatic heterocycles. The topological polar surface area (TPSA) is 33.1 Å². The maximum absolute atomic E-state index is 10.9. The molecule has 1 N–H and O–H groups in total. The monoisotopic (exact) mass is 411 g/mol. The number of phenols is 1. The Bertz CT molecular complexity index is 1100. The van der Waals surface area contributed by atoms with Crippen LogP contribution in [-0.4, -0.2) is 10.1 Å². The summed E-state index contributed by atoms with van der Waals surface area (Å²) in [5.74, 6) is 0.220. The molecule has 0 saturated carbocycles. The van der Waals surface area contributed by atoms with E-state index in [1.165, 1.54) is 11.3 Å². The lowest BCUT2D eigenvalue weighted by Gasteiger charge is -2.10. The maximum Gasteiger partial charge on any atom is 0.133 e. The molecule has 27 heavy (non-hydrogen) atoms. The molecule has 0 spiro atoms. The van der Waals surface area contributed by atoms with Crippen LogP contribution >= 0.6 is 34.5 Å². The summed E-state index contributed by atoms with van der Waals surface area (Å²) in [5, 5.41) is 14.7. The van der Waals surface area contributed by atoms with Gasteiger partial charge >= 0.3 is 0 Å². The highest BCUT2D eigenvalue weighted by Gasteiger charge is 2.17. The van der Waals surface area contributed by atoms with Crippen LogP contribution in [0.4, 0.5) is 0 Å². The lowest BCUT2D eigenvalue weighted by molar-refractivity contribution is 0.479. The highest BCUT2D eigenvalue weighted by atomic mass is 35.5. The maximum atomic E-state index is 10.9. The van der Waals surface area contributed by atoms with Crippen LogP contribution in [-0.2, 0) is 0 Å². The summed E-state index contributed by atoms with van der Waals surface area (Å²) >= 11 is 14.1. The van der Waals surface area contributed by atoms with Gasteiger partial charge < -0.3 is 5.11 Å². The van der Waals surface area contributed by atoms with Crippen molar-refractivity contribution in [2.24, 2.45) is 0 Å². The van der Waals surface area contributed by atoms with Crippen LogP contribution in [0.1, 0.15) is 5.56 Å². The Labute approximate surface area is 171 Å². The van der Waals surface area contributed by atoms with E-state index < -0.39 is 0 Å². The number of hydrogen-bond donors (Lipinski definition) is 1. The number of benzene rings is 3. The van der Waals surface area contributed by atoms with Crippen LogP contribution in [0.5, 0.6) is 5.75 Å². The molecule has 4 rings (SSSR count). The zero-order valence-electron chi connectivity index (χ0n) is 14.4. The van der Waals surface area contributed by atoms with Gasteiger partial charge in [0.05, 0.1) is 21.3 Å². The fraction of sp³-hybridized carbons (Fsp3) is 0.0455. The predicted molar refractivity (Wildman–Crippen MR) is 115 cm³/mol. The zero-order chi connectivity index (χ0) is 19.0. The number of hydrogen-bond acceptors (Lipinski definition) is 3. The molecular formula is C22H15Cl2NOS. The number of rotatable bonds is 3. The van der Waals surface area contributed by atoms with Crippen molar-refractivity contribution >= 4 is 34.5 Å². The third-order valence-electron chi connectivity index (χ3n) is 4.29. The first kappa shape index (κ1) is 18.1. The minimum atomic E-state index is 0.220. The van der Waals surface area contributed by atoms with Crippen molar-refractivity contribution in [2.75, 3.05) is 0 Å². The molecule has 0 aliphatic rings. The van der Waals surface area contributed by atoms with Gasteiger partial charge in [-0.25, -0.2) is 4.98 Å². The van der Waals surface area contributed by atoms with Crippen molar-refractivity contribution in [1.82, 2.24) is 4.98 Å². The molecule has 0 atom stereocenters. The van der Waals surface area contributed by atoms with E-state index in [4.69, 9.17) is 28.2 Å². The highest BCUT2D eigenvalue weighted by molar-refractivity contribution is 7.13. The number of halogens is 2. The SMILES string of the molecule is Cc1cc(-c2ccccc2)c(O)c(-c2nc(-c3c(Cl)cccc3Cl)cs2)c1. The average molecular weight is 412 g/mol. The van der Waals surface area contributed by atoms with Gasteiger partial charge in [0.25, 0.3) is 0 Å². The fourth-order valence-electron chi connectivity index (χ4n) is 3.03. The first-order valence-electron chi connectivity index (χ1n) is 8.34. The molecule has 0 amide bonds. The van der Waals surface area contributed by atoms with Gasteiger partial charge in [0, 0.05) is 16.5 Å². The molecule has 4 aromatic rings. The zero-order valence-corrected chi connectivity index (χ0v) is 16.7. The first-order chi connectivity index (χ1) is 13.0. The number of nitrogens with zero attached hydrogens (tertiary/aromatic N) is 1. The predicted octanol–water partition coefficient (Wildman–Crippen LogP) is 7.46. The highest BCUT2D eigenvalue weighted by Crippen LogP contribution is 2.42. The second-order valence-corrected chi connectivity index (χ2v) is 7.88. The second kappa shape index (κ2) is 7.35. The molecule has 5 heteroatoms. The molecule has 0 fully saturated rings. The quantitative estimate of drug-likeness (QED) is 0.379. The van der Waals surface area contributed by atoms with Gasteiger partial charge in [0.15, 0.2) is 0 Å². The standard InChI is InChI=1S/C22H15Cl2NOS/c1-13-10-15(14-6-3-2-4-7-14)21(26)16(11-13)22-25-19(12-27-22)20-17(23)8-5-9-18(20)24/h2-12,26H,1H3. The molecule has 0 aliphatic carbocycles. The molecule has 3 aromatic carbocycles. The van der Waals surface area contributed by atoms with E-state index in [1.807, 2.05) is 54.8 Å². The van der Waals surface area contributed by atoms with Gasteiger partial charge in [0.1, 0.15) is 10.8 Å². The third kappa shape index (κ3) is 3.46. The number of thiazole rings is 1. The smallest absolute Gasteiger partial charge is 0.133 e. The Hall–Kier alpha value is -2.33. The Kier molecular flexibility index (Phi) is 4.92. The van der Waals surface area contributed by atoms with Crippen molar-refractivity contribution in [3.8, 4) is 38.7 Å². The van der Waals surface area contributed by atoms with Crippen molar-refractivity contribution in [3.63, 3.8) is 0 Å². The first-order valence-corrected chi connectivity index (χ1v) is 9.97. The van der Waals surface area contributed by atoms with E-state index in [1.54, 1.807) is 18.2 Å². The summed E-state index contributed by atoms with van der Waals surface area (Å²) < 4.78 is 0. The third-order valence-corrected chi connectivity index (χ3v) is 5.80. The average Bonchev–Trinajstić information content (AvgIpc) is 3.13. The molecule has 0 bridgehead atoms. The number of aromatic hydroxyl groups is 1. The number of aromatic nitrogens is 1. The van der Waals surface area contributed by atoms with Crippen LogP contribution in [0.3, 0.4) is 0 Å². The molecule has 0 aliphatic heterocycles. The number of aryl methyl sites for hydroxylation is 1. The Morgan fingerprint density at radius 3 is 2.26 bits per heavy atom. The normalized spacial score (nSPS) is 10.9. The fourth-order valence-corrected chi connectivity index (χ4v) is 4.45. The van der Waals surface area contributed by atoms with Crippen LogP contribution < -0.4 is 0 Å². The van der Waals surface area contributed by atoms with Crippen LogP contribution in [0.2, 0.25) is 10.0 Å². The lowest BCUT2D eigenvalue weighted by Crippen LogP contribution is -1.87. The van der Waals surface area contributed by atoms with E-state index in [-0.39, 0.29) is 5.75 Å². The van der Waals surface area contributed by atoms with Gasteiger partial charge in [-0.15, -0.1) is 11.3 Å². The van der Waals surface area contributed by atoms with E-state index in [0.29, 0.717) is 26.9 Å². The lowest BCUT2D eigenvalue weighted by atomic mass is 9.99. The van der Waals surface area contributed by atoms with Crippen molar-refractivity contribution < 1.29 is 5.11 Å². The summed E-state index contributed by atoms with van der Waals surface area (Å²) in [6, 6.07) is 19.1. The van der Waals surface area contributed by atoms with Gasteiger partial charge in [-0.05, 0) is 42.3 Å². The minimum absolute atomic E-state index is 0.220. The molecule has 2 nitrogen and oxygen atoms in total. The molecule has 134 valence electrons. The van der Waals surface area contributed by atoms with Gasteiger partial charge in [0.2, 0.25) is 0 Å². The van der Waals surface area contributed by atoms with Crippen molar-refractivity contribution in [3.05, 3.63) is 81.7 Å². The van der Waals surface area contributed by atoms with E-state index in [2.05, 4.69) is 0 Å². The molecule has 0 radical (unpaired) electrons. The summed E-state index contributed by atoms with van der Waals surface area (Å²) in [4.78, 5) is 4.70. The molecule has 0 saturated heterocycles. The summed E-state index contributed by atoms with van der Waals surface area (Å²) in [5.41, 5.74) is 4.91. The van der Waals surface area contributed by atoms with Crippen LogP contribution in [0.25, 0.3) is 33.0 Å². The molecule has 1 heterocycles. The largest absolute Gasteiger partial charge is 0.507 e. The Morgan fingerprint density at radius 2 is 1.56 bits per heavy atom. The van der Waals surface area contributed by atoms with Crippen LogP contribution in [0, 0.1) is 6.92 Å². The van der Waals surface area contributed by atoms with Gasteiger partial charge in [-0.2, -0.15) is 0 Å². The summed E-state index contributed by atoms with van der Waals surface area (Å²) in [6.07, 6.45) is 0. The Balaban J connectivity index is 1.84. The van der Waals surface area contributed by atoms with E-state index in [9.17, 15) is 5.11 Å². The van der Waals surface area contributed by atoms with Crippen molar-refractivity contribution in [2.45, 2.75) is 6.92 Å². The van der Waals surface area contributed by atoms with Gasteiger partial charge in [-0.3, -0.25) is 0 Å². The van der Waals surface area contributed by atoms with Gasteiger partial charge in [-0.1, -0.05) is 59.6 Å². The molecular weight excluding hydrogens is 397 g/mol. The Morgan fingerprint density at radius 1 is 0.889 bits per heavy atom. The van der Waals surface area contributed by atoms with Crippen LogP contribution in [0.15, 0.2) is 66.0 Å². The van der Waals surface area contributed by atoms with Crippen molar-refractivity contribution in [1.29, 1.82) is 0 Å². The second-order valence-electron chi connectivity index (χ2n) is 6.21. The number of phenolic OH excluding ortho intramolecular Hbond substituents is 1. The molecule has 0 unspecified atom stereocenters. The van der Waals surface area contributed by atoms with E-state index in [0.717, 1.165) is 21.7 Å².